The van der Waals surface area contributed by atoms with Crippen LogP contribution < -0.4 is 0 Å². The van der Waals surface area contributed by atoms with E-state index in [2.05, 4.69) is 0 Å². The molecule has 0 heterocycles. The maximum atomic E-state index is 8.29. The van der Waals surface area contributed by atoms with Crippen molar-refractivity contribution in [3.63, 3.8) is 0 Å². The normalized spacial score (nSPS) is 9.00. The Morgan fingerprint density at radius 1 is 1.08 bits per heavy atom. The van der Waals surface area contributed by atoms with Gasteiger partial charge in [-0.15, -0.1) is 0 Å². The quantitative estimate of drug-likeness (QED) is 0.705. The zero-order valence-corrected chi connectivity index (χ0v) is 9.11. The van der Waals surface area contributed by atoms with Crippen molar-refractivity contribution in [3.05, 3.63) is 35.9 Å². The third-order valence-electron chi connectivity index (χ3n) is 0.903. The molecule has 1 aromatic carbocycles. The molecule has 0 saturated heterocycles. The van der Waals surface area contributed by atoms with Gasteiger partial charge >= 0.3 is 41.4 Å². The van der Waals surface area contributed by atoms with Crippen molar-refractivity contribution >= 4 is 30.4 Å². The summed E-state index contributed by atoms with van der Waals surface area (Å²) in [4.78, 5) is 0. The van der Waals surface area contributed by atoms with Gasteiger partial charge in [0.1, 0.15) is 0 Å². The Labute approximate surface area is 88.4 Å². The molecule has 0 aliphatic rings. The van der Waals surface area contributed by atoms with E-state index in [1.54, 1.807) is 12.1 Å². The van der Waals surface area contributed by atoms with Gasteiger partial charge in [0.15, 0.2) is 0 Å². The van der Waals surface area contributed by atoms with E-state index >= 15 is 0 Å². The standard InChI is InChI=1S/C7H5N.3ClH.Co/c8-6-7-4-2-1-3-5-7;;;;/h1-5H;3*1H;/q;;;;+3/p-3. The van der Waals surface area contributed by atoms with Crippen LogP contribution in [0.5, 0.6) is 0 Å². The van der Waals surface area contributed by atoms with Gasteiger partial charge in [-0.05, 0) is 12.1 Å². The molecule has 1 nitrogen and oxygen atoms in total. The number of hydrogen-bond donors (Lipinski definition) is 0. The molecule has 0 aromatic heterocycles. The van der Waals surface area contributed by atoms with Crippen molar-refractivity contribution in [2.75, 3.05) is 0 Å². The molecule has 12 heavy (non-hydrogen) atoms. The number of hydrogen-bond acceptors (Lipinski definition) is 1. The molecule has 0 aliphatic heterocycles. The molecule has 0 radical (unpaired) electrons. The average Bonchev–Trinajstić information content (AvgIpc) is 2.05. The molecule has 1 rings (SSSR count). The number of rotatable bonds is 0. The minimum atomic E-state index is -1.19. The van der Waals surface area contributed by atoms with Crippen LogP contribution >= 0.6 is 30.4 Å². The zero-order valence-electron chi connectivity index (χ0n) is 5.80. The second-order valence-corrected chi connectivity index (χ2v) is 6.78. The van der Waals surface area contributed by atoms with E-state index in [1.807, 2.05) is 24.3 Å². The molecule has 0 unspecified atom stereocenters. The Morgan fingerprint density at radius 2 is 1.50 bits per heavy atom. The van der Waals surface area contributed by atoms with E-state index in [9.17, 15) is 0 Å². The zero-order chi connectivity index (χ0) is 9.40. The van der Waals surface area contributed by atoms with Crippen LogP contribution in [0.3, 0.4) is 0 Å². The van der Waals surface area contributed by atoms with Crippen molar-refractivity contribution < 1.29 is 10.9 Å². The molecular weight excluding hydrogens is 263 g/mol. The minimum absolute atomic E-state index is 0.715. The molecular formula is C7H5Cl3CoN. The molecule has 0 spiro atoms. The summed E-state index contributed by atoms with van der Waals surface area (Å²) >= 11 is 0. The van der Waals surface area contributed by atoms with E-state index in [0.29, 0.717) is 5.56 Å². The molecule has 0 N–H and O–H groups in total. The first-order valence-corrected chi connectivity index (χ1v) is 7.06. The molecule has 1 aromatic rings. The topological polar surface area (TPSA) is 23.8 Å². The summed E-state index contributed by atoms with van der Waals surface area (Å²) in [6, 6.07) is 11.2. The molecule has 0 atom stereocenters. The maximum absolute atomic E-state index is 8.29. The SMILES string of the molecule is N#Cc1ccccc1.[Cl][Co]([Cl])[Cl]. The van der Waals surface area contributed by atoms with Crippen LogP contribution in [0.25, 0.3) is 0 Å². The van der Waals surface area contributed by atoms with E-state index < -0.39 is 10.9 Å². The summed E-state index contributed by atoms with van der Waals surface area (Å²) < 4.78 is 0. The Morgan fingerprint density at radius 3 is 1.75 bits per heavy atom. The molecule has 0 bridgehead atoms. The Bertz CT molecular complexity index is 242. The third kappa shape index (κ3) is 8.19. The molecule has 0 aliphatic carbocycles. The van der Waals surface area contributed by atoms with Crippen molar-refractivity contribution in [1.29, 1.82) is 5.26 Å². The van der Waals surface area contributed by atoms with Gasteiger partial charge in [-0.2, -0.15) is 5.26 Å². The van der Waals surface area contributed by atoms with Gasteiger partial charge in [-0.25, -0.2) is 0 Å². The van der Waals surface area contributed by atoms with Gasteiger partial charge in [0.05, 0.1) is 11.6 Å². The number of halogens is 3. The second-order valence-electron chi connectivity index (χ2n) is 1.62. The number of nitrogens with zero attached hydrogens (tertiary/aromatic N) is 1. The van der Waals surface area contributed by atoms with Crippen LogP contribution in [0.4, 0.5) is 0 Å². The fourth-order valence-corrected chi connectivity index (χ4v) is 0.513. The summed E-state index contributed by atoms with van der Waals surface area (Å²) in [6.07, 6.45) is 0. The first-order chi connectivity index (χ1) is 5.66. The van der Waals surface area contributed by atoms with Gasteiger partial charge in [0.2, 0.25) is 0 Å². The van der Waals surface area contributed by atoms with Crippen LogP contribution in [0, 0.1) is 11.3 Å². The molecule has 68 valence electrons. The summed E-state index contributed by atoms with van der Waals surface area (Å²) in [5, 5.41) is 8.29. The first kappa shape index (κ1) is 12.1. The van der Waals surface area contributed by atoms with Crippen LogP contribution in [0.2, 0.25) is 0 Å². The van der Waals surface area contributed by atoms with Crippen molar-refractivity contribution in [3.8, 4) is 6.07 Å². The van der Waals surface area contributed by atoms with E-state index in [0.717, 1.165) is 0 Å². The first-order valence-electron chi connectivity index (χ1n) is 2.76. The van der Waals surface area contributed by atoms with Crippen LogP contribution in [0.15, 0.2) is 30.3 Å². The molecule has 5 heteroatoms. The predicted octanol–water partition coefficient (Wildman–Crippen LogP) is 3.62. The predicted molar refractivity (Wildman–Crippen MR) is 48.7 cm³/mol. The van der Waals surface area contributed by atoms with Crippen molar-refractivity contribution in [2.45, 2.75) is 0 Å². The van der Waals surface area contributed by atoms with Gasteiger partial charge in [-0.1, -0.05) is 18.2 Å². The van der Waals surface area contributed by atoms with Gasteiger partial charge in [-0.3, -0.25) is 0 Å². The van der Waals surface area contributed by atoms with Crippen molar-refractivity contribution in [1.82, 2.24) is 0 Å². The van der Waals surface area contributed by atoms with Crippen LogP contribution in [-0.4, -0.2) is 0 Å². The van der Waals surface area contributed by atoms with Gasteiger partial charge in [0, 0.05) is 0 Å². The van der Waals surface area contributed by atoms with Gasteiger partial charge < -0.3 is 0 Å². The second kappa shape index (κ2) is 7.72. The van der Waals surface area contributed by atoms with Gasteiger partial charge in [0.25, 0.3) is 0 Å². The summed E-state index contributed by atoms with van der Waals surface area (Å²) in [5.74, 6) is 0. The molecule has 0 saturated carbocycles. The third-order valence-corrected chi connectivity index (χ3v) is 0.903. The number of nitriles is 1. The van der Waals surface area contributed by atoms with Crippen LogP contribution in [-0.2, 0) is 10.9 Å². The van der Waals surface area contributed by atoms with E-state index in [-0.39, 0.29) is 0 Å². The van der Waals surface area contributed by atoms with E-state index in [4.69, 9.17) is 35.7 Å². The van der Waals surface area contributed by atoms with E-state index in [1.165, 1.54) is 0 Å². The molecule has 0 amide bonds. The fraction of sp³-hybridized carbons (Fsp3) is 0. The Balaban J connectivity index is 0.000000261. The van der Waals surface area contributed by atoms with Crippen LogP contribution in [0.1, 0.15) is 5.56 Å². The Hall–Kier alpha value is 0.0865. The summed E-state index contributed by atoms with van der Waals surface area (Å²) in [6.45, 7) is 0. The van der Waals surface area contributed by atoms with Crippen molar-refractivity contribution in [2.24, 2.45) is 0 Å². The summed E-state index contributed by atoms with van der Waals surface area (Å²) in [5.41, 5.74) is 0.715. The Kier molecular flexibility index (Phi) is 7.78. The average molecular weight is 268 g/mol. The number of benzene rings is 1. The monoisotopic (exact) mass is 267 g/mol. The fourth-order valence-electron chi connectivity index (χ4n) is 0.513. The molecule has 0 fully saturated rings. The summed E-state index contributed by atoms with van der Waals surface area (Å²) in [7, 11) is 13.4.